The molecule has 2 aromatic rings. The predicted molar refractivity (Wildman–Crippen MR) is 83.6 cm³/mol. The second-order valence-corrected chi connectivity index (χ2v) is 6.03. The minimum Gasteiger partial charge on any atom is -0.490 e. The Morgan fingerprint density at radius 2 is 2.00 bits per heavy atom. The number of hydrogen-bond donors (Lipinski definition) is 0. The number of rotatable bonds is 3. The summed E-state index contributed by atoms with van der Waals surface area (Å²) in [5.74, 6) is 1.34. The lowest BCUT2D eigenvalue weighted by Gasteiger charge is -2.32. The molecule has 0 saturated carbocycles. The van der Waals surface area contributed by atoms with Crippen molar-refractivity contribution in [2.45, 2.75) is 27.2 Å². The lowest BCUT2D eigenvalue weighted by Crippen LogP contribution is -2.43. The first-order valence-electron chi connectivity index (χ1n) is 7.32. The number of benzene rings is 1. The first-order chi connectivity index (χ1) is 9.99. The largest absolute Gasteiger partial charge is 0.490 e. The van der Waals surface area contributed by atoms with Gasteiger partial charge in [0.2, 0.25) is 10.9 Å². The molecule has 0 aromatic heterocycles. The van der Waals surface area contributed by atoms with Crippen molar-refractivity contribution in [1.29, 1.82) is 0 Å². The van der Waals surface area contributed by atoms with Crippen LogP contribution in [0, 0.1) is 12.8 Å². The van der Waals surface area contributed by atoms with E-state index in [-0.39, 0.29) is 10.9 Å². The third-order valence-corrected chi connectivity index (χ3v) is 3.92. The Morgan fingerprint density at radius 1 is 1.24 bits per heavy atom. The van der Waals surface area contributed by atoms with Crippen LogP contribution < -0.4 is 20.5 Å². The van der Waals surface area contributed by atoms with E-state index in [2.05, 4.69) is 26.0 Å². The molecule has 1 aliphatic heterocycles. The highest BCUT2D eigenvalue weighted by Crippen LogP contribution is 2.37. The number of ether oxygens (including phenoxy) is 1. The molecule has 0 fully saturated rings. The topological polar surface area (TPSA) is 46.6 Å². The van der Waals surface area contributed by atoms with Crippen LogP contribution in [0.15, 0.2) is 27.8 Å². The van der Waals surface area contributed by atoms with Crippen LogP contribution in [0.1, 0.15) is 25.0 Å². The Hall–Kier alpha value is -2.10. The summed E-state index contributed by atoms with van der Waals surface area (Å²) >= 11 is 0. The van der Waals surface area contributed by atoms with E-state index >= 15 is 0 Å². The van der Waals surface area contributed by atoms with Gasteiger partial charge in [0, 0.05) is 5.56 Å². The fourth-order valence-electron chi connectivity index (χ4n) is 2.91. The average molecular weight is 285 g/mol. The monoisotopic (exact) mass is 285 g/mol. The van der Waals surface area contributed by atoms with E-state index in [1.807, 2.05) is 11.0 Å². The average Bonchev–Trinajstić information content (AvgIpc) is 2.47. The summed E-state index contributed by atoms with van der Waals surface area (Å²) in [6.07, 6.45) is 0.978. The summed E-state index contributed by atoms with van der Waals surface area (Å²) in [5.41, 5.74) is 2.46. The van der Waals surface area contributed by atoms with Gasteiger partial charge in [-0.2, -0.15) is 0 Å². The van der Waals surface area contributed by atoms with Crippen molar-refractivity contribution < 1.29 is 4.74 Å². The predicted octanol–water partition coefficient (Wildman–Crippen LogP) is 2.32. The minimum atomic E-state index is -0.380. The van der Waals surface area contributed by atoms with Crippen LogP contribution >= 0.6 is 0 Å². The van der Waals surface area contributed by atoms with Gasteiger partial charge in [-0.15, -0.1) is 0 Å². The molecule has 0 N–H and O–H groups in total. The molecule has 0 aliphatic carbocycles. The number of hydrogen-bond acceptors (Lipinski definition) is 4. The van der Waals surface area contributed by atoms with Gasteiger partial charge in [-0.1, -0.05) is 19.9 Å². The summed E-state index contributed by atoms with van der Waals surface area (Å²) in [6.45, 7) is 7.19. The SMILES string of the molecule is Cc1c(N2CCOc3ccc(CC(C)C)cc32)c(=O)c1=O. The van der Waals surface area contributed by atoms with Gasteiger partial charge >= 0.3 is 0 Å². The van der Waals surface area contributed by atoms with Crippen LogP contribution in [-0.4, -0.2) is 13.2 Å². The van der Waals surface area contributed by atoms with E-state index in [0.717, 1.165) is 17.9 Å². The smallest absolute Gasteiger partial charge is 0.250 e. The van der Waals surface area contributed by atoms with E-state index in [0.29, 0.717) is 30.3 Å². The Balaban J connectivity index is 2.04. The fourth-order valence-corrected chi connectivity index (χ4v) is 2.91. The highest BCUT2D eigenvalue weighted by atomic mass is 16.5. The lowest BCUT2D eigenvalue weighted by atomic mass is 10.0. The molecule has 110 valence electrons. The van der Waals surface area contributed by atoms with Crippen LogP contribution in [-0.2, 0) is 6.42 Å². The van der Waals surface area contributed by atoms with Crippen LogP contribution in [0.25, 0.3) is 0 Å². The molecule has 0 unspecified atom stereocenters. The zero-order chi connectivity index (χ0) is 15.1. The summed E-state index contributed by atoms with van der Waals surface area (Å²) in [5, 5.41) is 0. The van der Waals surface area contributed by atoms with Gasteiger partial charge in [0.15, 0.2) is 0 Å². The maximum absolute atomic E-state index is 11.9. The highest BCUT2D eigenvalue weighted by molar-refractivity contribution is 5.74. The Morgan fingerprint density at radius 3 is 2.67 bits per heavy atom. The van der Waals surface area contributed by atoms with Gasteiger partial charge in [-0.3, -0.25) is 9.59 Å². The second-order valence-electron chi connectivity index (χ2n) is 6.03. The zero-order valence-electron chi connectivity index (χ0n) is 12.6. The fraction of sp³-hybridized carbons (Fsp3) is 0.412. The maximum atomic E-state index is 11.9. The molecule has 21 heavy (non-hydrogen) atoms. The van der Waals surface area contributed by atoms with E-state index in [1.165, 1.54) is 5.56 Å². The van der Waals surface area contributed by atoms with Crippen LogP contribution in [0.2, 0.25) is 0 Å². The Bertz CT molecular complexity index is 754. The number of fused-ring (bicyclic) bond motifs is 1. The molecule has 4 heteroatoms. The molecule has 0 radical (unpaired) electrons. The van der Waals surface area contributed by atoms with Gasteiger partial charge in [0.25, 0.3) is 0 Å². The summed E-state index contributed by atoms with van der Waals surface area (Å²) < 4.78 is 5.67. The van der Waals surface area contributed by atoms with Gasteiger partial charge < -0.3 is 9.64 Å². The van der Waals surface area contributed by atoms with Crippen LogP contribution in [0.5, 0.6) is 5.75 Å². The molecule has 0 saturated heterocycles. The first-order valence-corrected chi connectivity index (χ1v) is 7.32. The Kier molecular flexibility index (Phi) is 3.32. The van der Waals surface area contributed by atoms with Crippen molar-refractivity contribution in [1.82, 2.24) is 0 Å². The molecule has 1 aliphatic rings. The second kappa shape index (κ2) is 5.02. The molecule has 0 amide bonds. The van der Waals surface area contributed by atoms with Crippen molar-refractivity contribution in [3.63, 3.8) is 0 Å². The zero-order valence-corrected chi connectivity index (χ0v) is 12.6. The van der Waals surface area contributed by atoms with E-state index in [4.69, 9.17) is 4.74 Å². The minimum absolute atomic E-state index is 0.364. The van der Waals surface area contributed by atoms with Gasteiger partial charge in [0.05, 0.1) is 12.2 Å². The quantitative estimate of drug-likeness (QED) is 0.812. The van der Waals surface area contributed by atoms with Crippen molar-refractivity contribution in [2.75, 3.05) is 18.1 Å². The number of anilines is 2. The van der Waals surface area contributed by atoms with Crippen molar-refractivity contribution >= 4 is 11.4 Å². The van der Waals surface area contributed by atoms with E-state index < -0.39 is 0 Å². The molecular formula is C17H19NO3. The summed E-state index contributed by atoms with van der Waals surface area (Å²) in [4.78, 5) is 25.3. The molecule has 2 aromatic carbocycles. The standard InChI is InChI=1S/C17H19NO3/c1-10(2)8-12-4-5-14-13(9-12)18(6-7-21-14)15-11(3)16(19)17(15)20/h4-5,9-10H,6-8H2,1-3H3. The first kappa shape index (κ1) is 13.9. The molecule has 3 rings (SSSR count). The molecule has 0 bridgehead atoms. The highest BCUT2D eigenvalue weighted by Gasteiger charge is 2.28. The lowest BCUT2D eigenvalue weighted by molar-refractivity contribution is 0.313. The molecule has 0 atom stereocenters. The van der Waals surface area contributed by atoms with Crippen LogP contribution in [0.4, 0.5) is 11.4 Å². The van der Waals surface area contributed by atoms with Gasteiger partial charge in [-0.05, 0) is 37.0 Å². The van der Waals surface area contributed by atoms with Gasteiger partial charge in [-0.25, -0.2) is 0 Å². The maximum Gasteiger partial charge on any atom is 0.250 e. The molecular weight excluding hydrogens is 266 g/mol. The molecule has 1 heterocycles. The van der Waals surface area contributed by atoms with E-state index in [1.54, 1.807) is 6.92 Å². The van der Waals surface area contributed by atoms with Crippen LogP contribution in [0.3, 0.4) is 0 Å². The normalized spacial score (nSPS) is 14.4. The third-order valence-electron chi connectivity index (χ3n) is 3.92. The van der Waals surface area contributed by atoms with Crippen molar-refractivity contribution in [2.24, 2.45) is 5.92 Å². The summed E-state index contributed by atoms with van der Waals surface area (Å²) in [6, 6.07) is 6.10. The van der Waals surface area contributed by atoms with Gasteiger partial charge in [0.1, 0.15) is 18.0 Å². The van der Waals surface area contributed by atoms with Crippen molar-refractivity contribution in [3.8, 4) is 5.75 Å². The van der Waals surface area contributed by atoms with E-state index in [9.17, 15) is 9.59 Å². The summed E-state index contributed by atoms with van der Waals surface area (Å²) in [7, 11) is 0. The Labute approximate surface area is 123 Å². The molecule has 4 nitrogen and oxygen atoms in total. The number of nitrogens with zero attached hydrogens (tertiary/aromatic N) is 1. The third kappa shape index (κ3) is 2.24. The molecule has 0 spiro atoms. The van der Waals surface area contributed by atoms with Crippen molar-refractivity contribution in [3.05, 3.63) is 49.8 Å².